The Labute approximate surface area is 87.3 Å². The Bertz CT molecular complexity index is 353. The number of alkyl halides is 1. The predicted octanol–water partition coefficient (Wildman–Crippen LogP) is 2.13. The molecule has 0 heterocycles. The van der Waals surface area contributed by atoms with E-state index in [1.165, 1.54) is 0 Å². The highest BCUT2D eigenvalue weighted by Crippen LogP contribution is 2.08. The van der Waals surface area contributed by atoms with Gasteiger partial charge in [0.25, 0.3) is 0 Å². The van der Waals surface area contributed by atoms with Crippen LogP contribution < -0.4 is 5.32 Å². The van der Waals surface area contributed by atoms with Crippen molar-refractivity contribution in [3.8, 4) is 6.07 Å². The predicted molar refractivity (Wildman–Crippen MR) is 55.1 cm³/mol. The number of nitrogens with zero attached hydrogens (tertiary/aromatic N) is 1. The molecule has 0 spiro atoms. The van der Waals surface area contributed by atoms with Gasteiger partial charge >= 0.3 is 0 Å². The van der Waals surface area contributed by atoms with E-state index in [0.29, 0.717) is 23.6 Å². The highest BCUT2D eigenvalue weighted by molar-refractivity contribution is 6.19. The lowest BCUT2D eigenvalue weighted by Gasteiger charge is -2.02. The topological polar surface area (TPSA) is 52.9 Å². The molecule has 4 heteroatoms. The maximum atomic E-state index is 11.1. The number of rotatable bonds is 3. The van der Waals surface area contributed by atoms with Crippen molar-refractivity contribution in [2.45, 2.75) is 6.42 Å². The SMILES string of the molecule is N#Cc1ccc(NC(=O)CCCl)cc1. The van der Waals surface area contributed by atoms with Gasteiger partial charge in [-0.2, -0.15) is 5.26 Å². The van der Waals surface area contributed by atoms with Crippen molar-refractivity contribution in [3.63, 3.8) is 0 Å². The number of hydrogen-bond acceptors (Lipinski definition) is 2. The summed E-state index contributed by atoms with van der Waals surface area (Å²) in [7, 11) is 0. The van der Waals surface area contributed by atoms with E-state index in [9.17, 15) is 4.79 Å². The summed E-state index contributed by atoms with van der Waals surface area (Å²) in [6.07, 6.45) is 0.293. The van der Waals surface area contributed by atoms with Crippen molar-refractivity contribution in [1.29, 1.82) is 5.26 Å². The van der Waals surface area contributed by atoms with Gasteiger partial charge in [-0.3, -0.25) is 4.79 Å². The second-order valence-corrected chi connectivity index (χ2v) is 3.05. The molecule has 0 aromatic heterocycles. The number of halogens is 1. The number of nitriles is 1. The van der Waals surface area contributed by atoms with Gasteiger partial charge < -0.3 is 5.32 Å². The third kappa shape index (κ3) is 3.08. The van der Waals surface area contributed by atoms with Crippen molar-refractivity contribution in [3.05, 3.63) is 29.8 Å². The lowest BCUT2D eigenvalue weighted by Crippen LogP contribution is -2.11. The molecule has 1 amide bonds. The van der Waals surface area contributed by atoms with Crippen LogP contribution in [0.5, 0.6) is 0 Å². The Morgan fingerprint density at radius 3 is 2.57 bits per heavy atom. The lowest BCUT2D eigenvalue weighted by molar-refractivity contribution is -0.115. The minimum Gasteiger partial charge on any atom is -0.326 e. The molecule has 0 aliphatic heterocycles. The summed E-state index contributed by atoms with van der Waals surface area (Å²) in [6.45, 7) is 0. The average Bonchev–Trinajstić information content (AvgIpc) is 2.19. The molecule has 72 valence electrons. The number of anilines is 1. The number of carbonyl (C=O) groups is 1. The summed E-state index contributed by atoms with van der Waals surface area (Å²) in [4.78, 5) is 11.1. The van der Waals surface area contributed by atoms with Crippen molar-refractivity contribution in [2.75, 3.05) is 11.2 Å². The first-order valence-electron chi connectivity index (χ1n) is 4.12. The van der Waals surface area contributed by atoms with Crippen LogP contribution in [0.15, 0.2) is 24.3 Å². The Morgan fingerprint density at radius 2 is 2.07 bits per heavy atom. The number of benzene rings is 1. The largest absolute Gasteiger partial charge is 0.326 e. The number of hydrogen-bond donors (Lipinski definition) is 1. The highest BCUT2D eigenvalue weighted by Gasteiger charge is 2.00. The van der Waals surface area contributed by atoms with E-state index in [2.05, 4.69) is 5.32 Å². The maximum absolute atomic E-state index is 11.1. The van der Waals surface area contributed by atoms with Gasteiger partial charge in [-0.15, -0.1) is 11.6 Å². The summed E-state index contributed by atoms with van der Waals surface area (Å²) >= 11 is 5.41. The Hall–Kier alpha value is -1.53. The van der Waals surface area contributed by atoms with E-state index in [-0.39, 0.29) is 5.91 Å². The molecule has 0 aliphatic carbocycles. The van der Waals surface area contributed by atoms with Gasteiger partial charge in [-0.25, -0.2) is 0 Å². The fourth-order valence-corrected chi connectivity index (χ4v) is 1.11. The zero-order valence-corrected chi connectivity index (χ0v) is 8.21. The van der Waals surface area contributed by atoms with E-state index in [4.69, 9.17) is 16.9 Å². The molecule has 1 N–H and O–H groups in total. The zero-order valence-electron chi connectivity index (χ0n) is 7.46. The molecule has 0 bridgehead atoms. The molecule has 1 aromatic rings. The molecule has 1 aromatic carbocycles. The van der Waals surface area contributed by atoms with Gasteiger partial charge in [0.15, 0.2) is 0 Å². The summed E-state index contributed by atoms with van der Waals surface area (Å²) in [5.41, 5.74) is 1.25. The third-order valence-corrected chi connectivity index (χ3v) is 1.81. The fourth-order valence-electron chi connectivity index (χ4n) is 0.937. The first-order chi connectivity index (χ1) is 6.76. The van der Waals surface area contributed by atoms with Gasteiger partial charge in [-0.1, -0.05) is 0 Å². The molecule has 0 radical (unpaired) electrons. The Morgan fingerprint density at radius 1 is 1.43 bits per heavy atom. The van der Waals surface area contributed by atoms with Crippen LogP contribution >= 0.6 is 11.6 Å². The van der Waals surface area contributed by atoms with Crippen LogP contribution in [0.1, 0.15) is 12.0 Å². The normalized spacial score (nSPS) is 9.14. The maximum Gasteiger partial charge on any atom is 0.225 e. The minimum atomic E-state index is -0.121. The lowest BCUT2D eigenvalue weighted by atomic mass is 10.2. The van der Waals surface area contributed by atoms with Crippen molar-refractivity contribution in [1.82, 2.24) is 0 Å². The standard InChI is InChI=1S/C10H9ClN2O/c11-6-5-10(14)13-9-3-1-8(7-12)2-4-9/h1-4H,5-6H2,(H,13,14). The minimum absolute atomic E-state index is 0.121. The van der Waals surface area contributed by atoms with Gasteiger partial charge in [0.2, 0.25) is 5.91 Å². The molecule has 0 unspecified atom stereocenters. The Balaban J connectivity index is 2.61. The molecule has 0 fully saturated rings. The van der Waals surface area contributed by atoms with E-state index < -0.39 is 0 Å². The first kappa shape index (κ1) is 10.6. The molecule has 14 heavy (non-hydrogen) atoms. The summed E-state index contributed by atoms with van der Waals surface area (Å²) < 4.78 is 0. The molecular weight excluding hydrogens is 200 g/mol. The number of amides is 1. The number of carbonyl (C=O) groups excluding carboxylic acids is 1. The Kier molecular flexibility index (Phi) is 3.96. The number of nitrogens with one attached hydrogen (secondary N) is 1. The van der Waals surface area contributed by atoms with Gasteiger partial charge in [0, 0.05) is 18.0 Å². The smallest absolute Gasteiger partial charge is 0.225 e. The summed E-state index contributed by atoms with van der Waals surface area (Å²) in [6, 6.07) is 8.67. The fraction of sp³-hybridized carbons (Fsp3) is 0.200. The second-order valence-electron chi connectivity index (χ2n) is 2.68. The van der Waals surface area contributed by atoms with Gasteiger partial charge in [0.1, 0.15) is 0 Å². The highest BCUT2D eigenvalue weighted by atomic mass is 35.5. The second kappa shape index (κ2) is 5.25. The van der Waals surface area contributed by atoms with Crippen LogP contribution in [0.25, 0.3) is 0 Å². The van der Waals surface area contributed by atoms with Crippen LogP contribution in [-0.4, -0.2) is 11.8 Å². The van der Waals surface area contributed by atoms with Crippen LogP contribution in [0.3, 0.4) is 0 Å². The van der Waals surface area contributed by atoms with Crippen molar-refractivity contribution < 1.29 is 4.79 Å². The van der Waals surface area contributed by atoms with Gasteiger partial charge in [-0.05, 0) is 24.3 Å². The van der Waals surface area contributed by atoms with Crippen molar-refractivity contribution in [2.24, 2.45) is 0 Å². The van der Waals surface area contributed by atoms with Crippen LogP contribution in [0, 0.1) is 11.3 Å². The molecule has 0 saturated carbocycles. The van der Waals surface area contributed by atoms with E-state index in [0.717, 1.165) is 0 Å². The molecule has 0 atom stereocenters. The molecule has 0 aliphatic rings. The van der Waals surface area contributed by atoms with Gasteiger partial charge in [0.05, 0.1) is 11.6 Å². The molecule has 1 rings (SSSR count). The monoisotopic (exact) mass is 208 g/mol. The average molecular weight is 209 g/mol. The first-order valence-corrected chi connectivity index (χ1v) is 4.65. The quantitative estimate of drug-likeness (QED) is 0.774. The third-order valence-electron chi connectivity index (χ3n) is 1.62. The van der Waals surface area contributed by atoms with Crippen LogP contribution in [-0.2, 0) is 4.79 Å². The van der Waals surface area contributed by atoms with Crippen molar-refractivity contribution >= 4 is 23.2 Å². The molecule has 3 nitrogen and oxygen atoms in total. The molecular formula is C10H9ClN2O. The molecule has 0 saturated heterocycles. The summed E-state index contributed by atoms with van der Waals surface area (Å²) in [5, 5.41) is 11.2. The summed E-state index contributed by atoms with van der Waals surface area (Å²) in [5.74, 6) is 0.187. The van der Waals surface area contributed by atoms with Crippen LogP contribution in [0.2, 0.25) is 0 Å². The van der Waals surface area contributed by atoms with E-state index >= 15 is 0 Å². The van der Waals surface area contributed by atoms with E-state index in [1.54, 1.807) is 24.3 Å². The zero-order chi connectivity index (χ0) is 10.4. The van der Waals surface area contributed by atoms with E-state index in [1.807, 2.05) is 6.07 Å². The van der Waals surface area contributed by atoms with Crippen LogP contribution in [0.4, 0.5) is 5.69 Å².